The van der Waals surface area contributed by atoms with Crippen LogP contribution in [0.2, 0.25) is 0 Å². The van der Waals surface area contributed by atoms with Gasteiger partial charge in [0.2, 0.25) is 0 Å². The predicted octanol–water partition coefficient (Wildman–Crippen LogP) is 5.40. The Labute approximate surface area is 146 Å². The number of nitrogens with zero attached hydrogens (tertiary/aromatic N) is 1. The molecule has 0 amide bonds. The van der Waals surface area contributed by atoms with Crippen molar-refractivity contribution in [1.82, 2.24) is 0 Å². The molecule has 1 aromatic carbocycles. The fraction of sp³-hybridized carbons (Fsp3) is 0.619. The molecule has 0 spiro atoms. The van der Waals surface area contributed by atoms with Gasteiger partial charge >= 0.3 is 0 Å². The molecule has 24 heavy (non-hydrogen) atoms. The van der Waals surface area contributed by atoms with Gasteiger partial charge in [-0.1, -0.05) is 40.7 Å². The molecule has 2 nitrogen and oxygen atoms in total. The van der Waals surface area contributed by atoms with Crippen LogP contribution in [0.3, 0.4) is 0 Å². The van der Waals surface area contributed by atoms with Gasteiger partial charge in [-0.25, -0.2) is 4.39 Å². The quantitative estimate of drug-likeness (QED) is 0.780. The predicted molar refractivity (Wildman–Crippen MR) is 101 cm³/mol. The van der Waals surface area contributed by atoms with E-state index in [2.05, 4.69) is 51.7 Å². The summed E-state index contributed by atoms with van der Waals surface area (Å²) in [7, 11) is 0. The van der Waals surface area contributed by atoms with Gasteiger partial charge in [0.15, 0.2) is 0 Å². The molecule has 1 aliphatic heterocycles. The van der Waals surface area contributed by atoms with E-state index in [4.69, 9.17) is 0 Å². The van der Waals surface area contributed by atoms with Gasteiger partial charge in [-0.15, -0.1) is 0 Å². The Balaban J connectivity index is 2.79. The van der Waals surface area contributed by atoms with Crippen LogP contribution < -0.4 is 4.90 Å². The summed E-state index contributed by atoms with van der Waals surface area (Å²) in [5.41, 5.74) is 5.31. The van der Waals surface area contributed by atoms with Crippen molar-refractivity contribution in [2.45, 2.75) is 65.7 Å². The number of rotatable bonds is 5. The highest BCUT2D eigenvalue weighted by Crippen LogP contribution is 2.45. The van der Waals surface area contributed by atoms with Gasteiger partial charge in [0.1, 0.15) is 5.83 Å². The van der Waals surface area contributed by atoms with Crippen molar-refractivity contribution >= 4 is 11.3 Å². The highest BCUT2D eigenvalue weighted by atomic mass is 19.1. The molecule has 1 heterocycles. The summed E-state index contributed by atoms with van der Waals surface area (Å²) in [5, 5.41) is 9.27. The zero-order chi connectivity index (χ0) is 18.1. The Morgan fingerprint density at radius 1 is 1.33 bits per heavy atom. The zero-order valence-electron chi connectivity index (χ0n) is 16.0. The number of hydrogen-bond donors (Lipinski definition) is 1. The van der Waals surface area contributed by atoms with Gasteiger partial charge in [0.25, 0.3) is 0 Å². The molecule has 1 aromatic rings. The summed E-state index contributed by atoms with van der Waals surface area (Å²) < 4.78 is 14.2. The molecule has 0 aromatic heterocycles. The molecule has 134 valence electrons. The Morgan fingerprint density at radius 2 is 2.00 bits per heavy atom. The Kier molecular flexibility index (Phi) is 5.74. The molecule has 0 radical (unpaired) electrons. The fourth-order valence-electron chi connectivity index (χ4n) is 3.55. The number of anilines is 1. The van der Waals surface area contributed by atoms with E-state index in [0.717, 1.165) is 31.5 Å². The summed E-state index contributed by atoms with van der Waals surface area (Å²) >= 11 is 0. The lowest BCUT2D eigenvalue weighted by molar-refractivity contribution is 0.299. The highest BCUT2D eigenvalue weighted by molar-refractivity contribution is 5.81. The molecular weight excluding hydrogens is 301 g/mol. The third-order valence-corrected chi connectivity index (χ3v) is 5.29. The summed E-state index contributed by atoms with van der Waals surface area (Å²) in [4.78, 5) is 2.40. The van der Waals surface area contributed by atoms with Crippen LogP contribution in [0.4, 0.5) is 10.1 Å². The van der Waals surface area contributed by atoms with Gasteiger partial charge in [-0.05, 0) is 53.9 Å². The monoisotopic (exact) mass is 333 g/mol. The molecule has 0 saturated heterocycles. The first-order valence-corrected chi connectivity index (χ1v) is 9.12. The number of benzene rings is 1. The van der Waals surface area contributed by atoms with E-state index in [-0.39, 0.29) is 5.41 Å². The van der Waals surface area contributed by atoms with E-state index in [9.17, 15) is 9.50 Å². The number of hydrogen-bond acceptors (Lipinski definition) is 2. The van der Waals surface area contributed by atoms with E-state index in [0.29, 0.717) is 11.5 Å². The number of halogens is 1. The minimum Gasteiger partial charge on any atom is -0.389 e. The Hall–Kier alpha value is -1.35. The first kappa shape index (κ1) is 19.0. The number of fused-ring (bicyclic) bond motifs is 1. The van der Waals surface area contributed by atoms with Gasteiger partial charge in [-0.3, -0.25) is 0 Å². The molecule has 0 atom stereocenters. The standard InChI is InChI=1S/C21H32FNO/c1-7-9-23-10-8-21(5,6)18-12-16(14(2)3)11-17(20(18)23)15(4)19(22)13-24/h11-12,14,24H,7-10,13H2,1-6H3. The van der Waals surface area contributed by atoms with Crippen molar-refractivity contribution in [2.24, 2.45) is 0 Å². The van der Waals surface area contributed by atoms with Crippen LogP contribution in [-0.4, -0.2) is 24.8 Å². The van der Waals surface area contributed by atoms with E-state index in [1.54, 1.807) is 6.92 Å². The average molecular weight is 333 g/mol. The van der Waals surface area contributed by atoms with Gasteiger partial charge in [0, 0.05) is 24.3 Å². The summed E-state index contributed by atoms with van der Waals surface area (Å²) in [6.07, 6.45) is 2.17. The van der Waals surface area contributed by atoms with Crippen molar-refractivity contribution in [1.29, 1.82) is 0 Å². The molecule has 0 unspecified atom stereocenters. The topological polar surface area (TPSA) is 23.5 Å². The van der Waals surface area contributed by atoms with Crippen LogP contribution in [0.15, 0.2) is 18.0 Å². The molecule has 2 rings (SSSR count). The fourth-order valence-corrected chi connectivity index (χ4v) is 3.55. The third-order valence-electron chi connectivity index (χ3n) is 5.29. The first-order valence-electron chi connectivity index (χ1n) is 9.12. The largest absolute Gasteiger partial charge is 0.389 e. The second-order valence-corrected chi connectivity index (χ2v) is 7.93. The first-order chi connectivity index (χ1) is 11.2. The molecule has 1 N–H and O–H groups in total. The average Bonchev–Trinajstić information content (AvgIpc) is 2.55. The molecule has 3 heteroatoms. The molecular formula is C21H32FNO. The van der Waals surface area contributed by atoms with Gasteiger partial charge < -0.3 is 10.0 Å². The molecule has 0 aliphatic carbocycles. The number of aliphatic hydroxyl groups is 1. The van der Waals surface area contributed by atoms with Crippen LogP contribution in [0, 0.1) is 0 Å². The molecule has 1 aliphatic rings. The van der Waals surface area contributed by atoms with E-state index in [1.165, 1.54) is 16.8 Å². The van der Waals surface area contributed by atoms with Crippen LogP contribution in [-0.2, 0) is 5.41 Å². The third kappa shape index (κ3) is 3.51. The van der Waals surface area contributed by atoms with E-state index >= 15 is 0 Å². The smallest absolute Gasteiger partial charge is 0.129 e. The summed E-state index contributed by atoms with van der Waals surface area (Å²) in [5.74, 6) is -0.0469. The Morgan fingerprint density at radius 3 is 2.54 bits per heavy atom. The minimum absolute atomic E-state index is 0.0786. The minimum atomic E-state index is -0.538. The van der Waals surface area contributed by atoms with Crippen molar-refractivity contribution < 1.29 is 9.50 Å². The number of allylic oxidation sites excluding steroid dienone is 1. The van der Waals surface area contributed by atoms with Crippen LogP contribution in [0.5, 0.6) is 0 Å². The highest BCUT2D eigenvalue weighted by Gasteiger charge is 2.33. The maximum Gasteiger partial charge on any atom is 0.129 e. The molecule has 0 bridgehead atoms. The van der Waals surface area contributed by atoms with E-state index in [1.807, 2.05) is 0 Å². The van der Waals surface area contributed by atoms with Crippen molar-refractivity contribution in [3.63, 3.8) is 0 Å². The van der Waals surface area contributed by atoms with Crippen molar-refractivity contribution in [3.8, 4) is 0 Å². The summed E-state index contributed by atoms with van der Waals surface area (Å²) in [6.45, 7) is 14.3. The van der Waals surface area contributed by atoms with Crippen LogP contribution in [0.1, 0.15) is 77.0 Å². The maximum absolute atomic E-state index is 14.2. The second-order valence-electron chi connectivity index (χ2n) is 7.93. The normalized spacial score (nSPS) is 17.8. The zero-order valence-corrected chi connectivity index (χ0v) is 16.0. The van der Waals surface area contributed by atoms with Crippen LogP contribution >= 0.6 is 0 Å². The van der Waals surface area contributed by atoms with Crippen molar-refractivity contribution in [2.75, 3.05) is 24.6 Å². The lowest BCUT2D eigenvalue weighted by atomic mass is 9.74. The Bertz CT molecular complexity index is 631. The molecule has 0 fully saturated rings. The summed E-state index contributed by atoms with van der Waals surface area (Å²) in [6, 6.07) is 4.44. The van der Waals surface area contributed by atoms with E-state index < -0.39 is 12.4 Å². The maximum atomic E-state index is 14.2. The SMILES string of the molecule is CCCN1CCC(C)(C)c2cc(C(C)C)cc(C(C)=C(F)CO)c21. The van der Waals surface area contributed by atoms with Gasteiger partial charge in [0.05, 0.1) is 6.61 Å². The number of aliphatic hydroxyl groups excluding tert-OH is 1. The second kappa shape index (κ2) is 7.26. The lowest BCUT2D eigenvalue weighted by Crippen LogP contribution is -2.38. The van der Waals surface area contributed by atoms with Crippen molar-refractivity contribution in [3.05, 3.63) is 34.6 Å². The van der Waals surface area contributed by atoms with Crippen LogP contribution in [0.25, 0.3) is 5.57 Å². The lowest BCUT2D eigenvalue weighted by Gasteiger charge is -2.42. The molecule has 0 saturated carbocycles. The van der Waals surface area contributed by atoms with Gasteiger partial charge in [-0.2, -0.15) is 0 Å².